The molecule has 0 fully saturated rings. The van der Waals surface area contributed by atoms with Gasteiger partial charge in [-0.25, -0.2) is 0 Å². The van der Waals surface area contributed by atoms with Crippen molar-refractivity contribution in [1.82, 2.24) is 5.32 Å². The van der Waals surface area contributed by atoms with Crippen molar-refractivity contribution in [2.24, 2.45) is 0 Å². The van der Waals surface area contributed by atoms with Gasteiger partial charge in [0.15, 0.2) is 0 Å². The third kappa shape index (κ3) is 6.92. The van der Waals surface area contributed by atoms with E-state index in [4.69, 9.17) is 5.26 Å². The van der Waals surface area contributed by atoms with Crippen molar-refractivity contribution in [3.63, 3.8) is 0 Å². The van der Waals surface area contributed by atoms with Crippen LogP contribution in [0.1, 0.15) is 33.1 Å². The van der Waals surface area contributed by atoms with Gasteiger partial charge in [-0.3, -0.25) is 0 Å². The Balaban J connectivity index is 3.44. The van der Waals surface area contributed by atoms with E-state index in [1.54, 1.807) is 0 Å². The fraction of sp³-hybridized carbons (Fsp3) is 0.900. The molecule has 0 aliphatic carbocycles. The van der Waals surface area contributed by atoms with Crippen molar-refractivity contribution < 1.29 is 0 Å². The maximum Gasteiger partial charge on any atom is 0.0638 e. The molecule has 0 amide bonds. The van der Waals surface area contributed by atoms with E-state index in [0.29, 0.717) is 17.7 Å². The van der Waals surface area contributed by atoms with Crippen molar-refractivity contribution in [2.75, 3.05) is 12.8 Å². The molecule has 0 aliphatic rings. The summed E-state index contributed by atoms with van der Waals surface area (Å²) in [4.78, 5) is 0. The van der Waals surface area contributed by atoms with Crippen molar-refractivity contribution in [3.8, 4) is 6.07 Å². The highest BCUT2D eigenvalue weighted by Gasteiger charge is 2.05. The Morgan fingerprint density at radius 3 is 2.69 bits per heavy atom. The number of thioether (sulfide) groups is 1. The predicted molar refractivity (Wildman–Crippen MR) is 59.9 cm³/mol. The molecular weight excluding hydrogens is 180 g/mol. The lowest BCUT2D eigenvalue weighted by Gasteiger charge is -2.14. The molecule has 0 aromatic heterocycles. The lowest BCUT2D eigenvalue weighted by atomic mass is 10.1. The van der Waals surface area contributed by atoms with Crippen LogP contribution in [-0.2, 0) is 0 Å². The zero-order valence-corrected chi connectivity index (χ0v) is 9.66. The zero-order chi connectivity index (χ0) is 10.1. The van der Waals surface area contributed by atoms with Crippen LogP contribution in [0.5, 0.6) is 0 Å². The first-order valence-electron chi connectivity index (χ1n) is 4.87. The second-order valence-electron chi connectivity index (χ2n) is 3.26. The third-order valence-corrected chi connectivity index (χ3v) is 3.26. The van der Waals surface area contributed by atoms with Crippen molar-refractivity contribution >= 4 is 11.8 Å². The number of nitrogens with zero attached hydrogens (tertiary/aromatic N) is 1. The van der Waals surface area contributed by atoms with Crippen LogP contribution in [0, 0.1) is 11.3 Å². The van der Waals surface area contributed by atoms with Crippen LogP contribution in [-0.4, -0.2) is 24.1 Å². The summed E-state index contributed by atoms with van der Waals surface area (Å²) in [6.07, 6.45) is 4.99. The predicted octanol–water partition coefficient (Wildman–Crippen LogP) is 2.41. The molecule has 76 valence electrons. The molecule has 0 saturated heterocycles. The smallest absolute Gasteiger partial charge is 0.0638 e. The van der Waals surface area contributed by atoms with Gasteiger partial charge < -0.3 is 5.32 Å². The van der Waals surface area contributed by atoms with Crippen molar-refractivity contribution in [2.45, 2.75) is 44.4 Å². The molecule has 0 rings (SSSR count). The van der Waals surface area contributed by atoms with Crippen LogP contribution in [0.15, 0.2) is 0 Å². The number of hydrogen-bond acceptors (Lipinski definition) is 3. The first-order chi connectivity index (χ1) is 6.24. The van der Waals surface area contributed by atoms with E-state index in [0.717, 1.165) is 13.0 Å². The minimum atomic E-state index is 0.388. The highest BCUT2D eigenvalue weighted by molar-refractivity contribution is 7.99. The highest BCUT2D eigenvalue weighted by atomic mass is 32.2. The molecule has 0 bridgehead atoms. The molecule has 2 atom stereocenters. The van der Waals surface area contributed by atoms with Gasteiger partial charge in [0.2, 0.25) is 0 Å². The SMILES string of the molecule is CCC(CC#N)NCCC(C)SC. The molecule has 13 heavy (non-hydrogen) atoms. The van der Waals surface area contributed by atoms with Gasteiger partial charge in [-0.2, -0.15) is 17.0 Å². The Bertz CT molecular complexity index is 153. The Kier molecular flexibility index (Phi) is 8.27. The quantitative estimate of drug-likeness (QED) is 0.685. The van der Waals surface area contributed by atoms with E-state index in [1.807, 2.05) is 11.8 Å². The fourth-order valence-corrected chi connectivity index (χ4v) is 1.43. The lowest BCUT2D eigenvalue weighted by Crippen LogP contribution is -2.30. The normalized spacial score (nSPS) is 14.9. The van der Waals surface area contributed by atoms with E-state index in [-0.39, 0.29) is 0 Å². The van der Waals surface area contributed by atoms with Crippen molar-refractivity contribution in [3.05, 3.63) is 0 Å². The monoisotopic (exact) mass is 200 g/mol. The van der Waals surface area contributed by atoms with Gasteiger partial charge in [-0.05, 0) is 25.6 Å². The van der Waals surface area contributed by atoms with Gasteiger partial charge in [-0.1, -0.05) is 13.8 Å². The van der Waals surface area contributed by atoms with Crippen LogP contribution in [0.4, 0.5) is 0 Å². The second-order valence-corrected chi connectivity index (χ2v) is 4.53. The van der Waals surface area contributed by atoms with Crippen LogP contribution in [0.25, 0.3) is 0 Å². The van der Waals surface area contributed by atoms with E-state index in [2.05, 4.69) is 31.5 Å². The Hall–Kier alpha value is -0.200. The maximum absolute atomic E-state index is 8.53. The zero-order valence-electron chi connectivity index (χ0n) is 8.84. The highest BCUT2D eigenvalue weighted by Crippen LogP contribution is 2.08. The molecule has 3 heteroatoms. The molecule has 0 saturated carbocycles. The first kappa shape index (κ1) is 12.8. The molecule has 1 N–H and O–H groups in total. The van der Waals surface area contributed by atoms with Gasteiger partial charge in [0.1, 0.15) is 0 Å². The van der Waals surface area contributed by atoms with Crippen molar-refractivity contribution in [1.29, 1.82) is 5.26 Å². The van der Waals surface area contributed by atoms with E-state index in [9.17, 15) is 0 Å². The minimum absolute atomic E-state index is 0.388. The van der Waals surface area contributed by atoms with Crippen LogP contribution in [0.3, 0.4) is 0 Å². The van der Waals surface area contributed by atoms with Gasteiger partial charge >= 0.3 is 0 Å². The minimum Gasteiger partial charge on any atom is -0.313 e. The summed E-state index contributed by atoms with van der Waals surface area (Å²) in [6.45, 7) is 5.38. The molecular formula is C10H20N2S. The molecule has 0 radical (unpaired) electrons. The Labute approximate surface area is 86.1 Å². The van der Waals surface area contributed by atoms with Crippen LogP contribution in [0.2, 0.25) is 0 Å². The largest absolute Gasteiger partial charge is 0.313 e. The summed E-state index contributed by atoms with van der Waals surface area (Å²) < 4.78 is 0. The average Bonchev–Trinajstić information content (AvgIpc) is 2.16. The standard InChI is InChI=1S/C10H20N2S/c1-4-10(5-7-11)12-8-6-9(2)13-3/h9-10,12H,4-6,8H2,1-3H3. The number of nitrogens with one attached hydrogen (secondary N) is 1. The molecule has 0 aromatic rings. The Morgan fingerprint density at radius 2 is 2.23 bits per heavy atom. The summed E-state index contributed by atoms with van der Waals surface area (Å²) in [5, 5.41) is 12.6. The van der Waals surface area contributed by atoms with E-state index >= 15 is 0 Å². The third-order valence-electron chi connectivity index (χ3n) is 2.22. The van der Waals surface area contributed by atoms with Crippen LogP contribution < -0.4 is 5.32 Å². The summed E-state index contributed by atoms with van der Waals surface area (Å²) in [6, 6.07) is 2.59. The van der Waals surface area contributed by atoms with Gasteiger partial charge in [0, 0.05) is 11.3 Å². The van der Waals surface area contributed by atoms with Gasteiger partial charge in [0.05, 0.1) is 12.5 Å². The van der Waals surface area contributed by atoms with E-state index in [1.165, 1.54) is 6.42 Å². The summed E-state index contributed by atoms with van der Waals surface area (Å²) in [7, 11) is 0. The lowest BCUT2D eigenvalue weighted by molar-refractivity contribution is 0.498. The number of nitriles is 1. The molecule has 2 nitrogen and oxygen atoms in total. The van der Waals surface area contributed by atoms with Gasteiger partial charge in [-0.15, -0.1) is 0 Å². The Morgan fingerprint density at radius 1 is 1.54 bits per heavy atom. The van der Waals surface area contributed by atoms with Crippen LogP contribution >= 0.6 is 11.8 Å². The summed E-state index contributed by atoms with van der Waals surface area (Å²) in [5.74, 6) is 0. The molecule has 0 aliphatic heterocycles. The average molecular weight is 200 g/mol. The van der Waals surface area contributed by atoms with Gasteiger partial charge in [0.25, 0.3) is 0 Å². The summed E-state index contributed by atoms with van der Waals surface area (Å²) in [5.41, 5.74) is 0. The summed E-state index contributed by atoms with van der Waals surface area (Å²) >= 11 is 1.89. The first-order valence-corrected chi connectivity index (χ1v) is 6.16. The van der Waals surface area contributed by atoms with E-state index < -0.39 is 0 Å². The molecule has 0 heterocycles. The molecule has 0 spiro atoms. The molecule has 2 unspecified atom stereocenters. The number of rotatable bonds is 7. The second kappa shape index (κ2) is 8.40. The fourth-order valence-electron chi connectivity index (χ4n) is 1.08. The molecule has 0 aromatic carbocycles. The maximum atomic E-state index is 8.53. The number of hydrogen-bond donors (Lipinski definition) is 1. The topological polar surface area (TPSA) is 35.8 Å².